The van der Waals surface area contributed by atoms with Gasteiger partial charge in [-0.05, 0) is 40.2 Å². The molecular weight excluding hydrogens is 330 g/mol. The molecule has 2 rings (SSSR count). The molecule has 1 aromatic heterocycles. The normalized spacial score (nSPS) is 20.6. The molecule has 1 fully saturated rings. The third-order valence-electron chi connectivity index (χ3n) is 4.20. The molecular formula is C18H26F2N2O3. The molecule has 1 amide bonds. The van der Waals surface area contributed by atoms with Crippen LogP contribution in [0.5, 0.6) is 0 Å². The number of carbonyl (C=O) groups is 1. The highest BCUT2D eigenvalue weighted by Crippen LogP contribution is 2.40. The molecule has 25 heavy (non-hydrogen) atoms. The Morgan fingerprint density at radius 2 is 1.96 bits per heavy atom. The molecule has 0 aliphatic carbocycles. The van der Waals surface area contributed by atoms with Crippen LogP contribution in [-0.2, 0) is 4.74 Å². The second kappa shape index (κ2) is 6.77. The van der Waals surface area contributed by atoms with Crippen molar-refractivity contribution in [2.24, 2.45) is 0 Å². The lowest BCUT2D eigenvalue weighted by Crippen LogP contribution is -2.49. The van der Waals surface area contributed by atoms with Crippen LogP contribution >= 0.6 is 0 Å². The van der Waals surface area contributed by atoms with Gasteiger partial charge in [-0.25, -0.2) is 13.6 Å². The Balaban J connectivity index is 2.29. The van der Waals surface area contributed by atoms with E-state index in [1.165, 1.54) is 27.8 Å². The number of aromatic nitrogens is 1. The van der Waals surface area contributed by atoms with E-state index in [-0.39, 0.29) is 24.7 Å². The molecule has 0 spiro atoms. The highest BCUT2D eigenvalue weighted by molar-refractivity contribution is 5.68. The molecule has 1 aliphatic heterocycles. The third kappa shape index (κ3) is 4.58. The van der Waals surface area contributed by atoms with Crippen molar-refractivity contribution in [1.82, 2.24) is 9.47 Å². The third-order valence-corrected chi connectivity index (χ3v) is 4.20. The number of pyridine rings is 1. The van der Waals surface area contributed by atoms with Gasteiger partial charge in [-0.15, -0.1) is 0 Å². The van der Waals surface area contributed by atoms with Gasteiger partial charge in [-0.2, -0.15) is 0 Å². The molecule has 0 radical (unpaired) electrons. The quantitative estimate of drug-likeness (QED) is 0.810. The molecule has 2 heterocycles. The van der Waals surface area contributed by atoms with Crippen molar-refractivity contribution >= 4 is 6.09 Å². The molecule has 1 unspecified atom stereocenters. The van der Waals surface area contributed by atoms with Crippen molar-refractivity contribution < 1.29 is 18.3 Å². The Bertz CT molecular complexity index is 692. The van der Waals surface area contributed by atoms with Gasteiger partial charge in [0.25, 0.3) is 11.5 Å². The molecule has 0 saturated carbocycles. The lowest BCUT2D eigenvalue weighted by molar-refractivity contribution is -0.0772. The van der Waals surface area contributed by atoms with E-state index in [2.05, 4.69) is 0 Å². The first-order valence-corrected chi connectivity index (χ1v) is 8.48. The van der Waals surface area contributed by atoms with Crippen molar-refractivity contribution in [3.8, 4) is 0 Å². The largest absolute Gasteiger partial charge is 0.444 e. The Kier molecular flexibility index (Phi) is 5.25. The number of amides is 1. The average molecular weight is 356 g/mol. The van der Waals surface area contributed by atoms with Crippen molar-refractivity contribution in [1.29, 1.82) is 0 Å². The van der Waals surface area contributed by atoms with E-state index >= 15 is 0 Å². The first-order valence-electron chi connectivity index (χ1n) is 8.48. The van der Waals surface area contributed by atoms with E-state index < -0.39 is 30.0 Å². The predicted octanol–water partition coefficient (Wildman–Crippen LogP) is 3.79. The van der Waals surface area contributed by atoms with E-state index in [9.17, 15) is 18.4 Å². The van der Waals surface area contributed by atoms with Gasteiger partial charge < -0.3 is 14.2 Å². The van der Waals surface area contributed by atoms with Crippen LogP contribution in [0.25, 0.3) is 0 Å². The topological polar surface area (TPSA) is 51.5 Å². The lowest BCUT2D eigenvalue weighted by Gasteiger charge is -2.39. The summed E-state index contributed by atoms with van der Waals surface area (Å²) < 4.78 is 35.7. The van der Waals surface area contributed by atoms with Crippen LogP contribution in [0.3, 0.4) is 0 Å². The minimum Gasteiger partial charge on any atom is -0.444 e. The number of alkyl halides is 2. The zero-order valence-electron chi connectivity index (χ0n) is 15.4. The molecule has 0 N–H and O–H groups in total. The van der Waals surface area contributed by atoms with Crippen LogP contribution in [0.4, 0.5) is 13.6 Å². The van der Waals surface area contributed by atoms with Gasteiger partial charge in [0, 0.05) is 37.8 Å². The van der Waals surface area contributed by atoms with Crippen molar-refractivity contribution in [2.75, 3.05) is 13.1 Å². The van der Waals surface area contributed by atoms with E-state index in [0.29, 0.717) is 5.56 Å². The van der Waals surface area contributed by atoms with Gasteiger partial charge in [0.15, 0.2) is 0 Å². The summed E-state index contributed by atoms with van der Waals surface area (Å²) in [6.45, 7) is 8.65. The summed E-state index contributed by atoms with van der Waals surface area (Å²) in [5.74, 6) is -4.11. The Morgan fingerprint density at radius 3 is 2.52 bits per heavy atom. The number of rotatable bonds is 2. The van der Waals surface area contributed by atoms with Gasteiger partial charge in [-0.1, -0.05) is 6.07 Å². The van der Waals surface area contributed by atoms with E-state index in [1.807, 2.05) is 13.8 Å². The van der Waals surface area contributed by atoms with Crippen LogP contribution < -0.4 is 5.56 Å². The van der Waals surface area contributed by atoms with Gasteiger partial charge >= 0.3 is 6.09 Å². The van der Waals surface area contributed by atoms with Gasteiger partial charge in [0.05, 0.1) is 5.92 Å². The number of ether oxygens (including phenoxy) is 1. The Labute approximate surface area is 146 Å². The first-order chi connectivity index (χ1) is 11.4. The standard InChI is InChI=1S/C18H26F2N2O3/c1-12(2)22-10-13(6-7-15(22)23)14-11-21(9-8-18(14,19)20)16(24)25-17(3,4)5/h6-7,10,12,14H,8-9,11H2,1-5H3. The average Bonchev–Trinajstić information content (AvgIpc) is 2.45. The van der Waals surface area contributed by atoms with Crippen molar-refractivity contribution in [3.05, 3.63) is 34.2 Å². The van der Waals surface area contributed by atoms with Crippen LogP contribution in [0.2, 0.25) is 0 Å². The summed E-state index contributed by atoms with van der Waals surface area (Å²) in [4.78, 5) is 25.4. The highest BCUT2D eigenvalue weighted by Gasteiger charge is 2.46. The van der Waals surface area contributed by atoms with E-state index in [0.717, 1.165) is 0 Å². The zero-order valence-corrected chi connectivity index (χ0v) is 15.4. The molecule has 1 aliphatic rings. The molecule has 0 bridgehead atoms. The fraction of sp³-hybridized carbons (Fsp3) is 0.667. The summed E-state index contributed by atoms with van der Waals surface area (Å²) in [6, 6.07) is 2.60. The second-order valence-corrected chi connectivity index (χ2v) is 7.79. The van der Waals surface area contributed by atoms with E-state index in [4.69, 9.17) is 4.74 Å². The lowest BCUT2D eigenvalue weighted by atomic mass is 9.88. The number of nitrogens with zero attached hydrogens (tertiary/aromatic N) is 2. The summed E-state index contributed by atoms with van der Waals surface area (Å²) in [5.41, 5.74) is -0.564. The van der Waals surface area contributed by atoms with Crippen LogP contribution in [0.15, 0.2) is 23.1 Å². The number of likely N-dealkylation sites (tertiary alicyclic amines) is 1. The SMILES string of the molecule is CC(C)n1cc(C2CN(C(=O)OC(C)(C)C)CCC2(F)F)ccc1=O. The summed E-state index contributed by atoms with van der Waals surface area (Å²) in [5, 5.41) is 0. The van der Waals surface area contributed by atoms with Crippen LogP contribution in [-0.4, -0.2) is 40.2 Å². The number of hydrogen-bond donors (Lipinski definition) is 0. The number of piperidine rings is 1. The molecule has 1 aromatic rings. The van der Waals surface area contributed by atoms with Gasteiger partial charge in [-0.3, -0.25) is 4.79 Å². The first kappa shape index (κ1) is 19.4. The van der Waals surface area contributed by atoms with Gasteiger partial charge in [0.2, 0.25) is 0 Å². The smallest absolute Gasteiger partial charge is 0.410 e. The zero-order chi connectivity index (χ0) is 19.0. The predicted molar refractivity (Wildman–Crippen MR) is 91.2 cm³/mol. The second-order valence-electron chi connectivity index (χ2n) is 7.79. The Hall–Kier alpha value is -1.92. The fourth-order valence-corrected chi connectivity index (χ4v) is 2.88. The van der Waals surface area contributed by atoms with Crippen molar-refractivity contribution in [3.63, 3.8) is 0 Å². The van der Waals surface area contributed by atoms with Crippen molar-refractivity contribution in [2.45, 2.75) is 64.5 Å². The van der Waals surface area contributed by atoms with Crippen LogP contribution in [0.1, 0.15) is 58.6 Å². The van der Waals surface area contributed by atoms with Crippen LogP contribution in [0, 0.1) is 0 Å². The number of hydrogen-bond acceptors (Lipinski definition) is 3. The highest BCUT2D eigenvalue weighted by atomic mass is 19.3. The summed E-state index contributed by atoms with van der Waals surface area (Å²) in [7, 11) is 0. The Morgan fingerprint density at radius 1 is 1.32 bits per heavy atom. The molecule has 0 aromatic carbocycles. The summed E-state index contributed by atoms with van der Waals surface area (Å²) >= 11 is 0. The molecule has 5 nitrogen and oxygen atoms in total. The molecule has 1 saturated heterocycles. The fourth-order valence-electron chi connectivity index (χ4n) is 2.88. The number of halogens is 2. The van der Waals surface area contributed by atoms with Gasteiger partial charge in [0.1, 0.15) is 5.60 Å². The maximum absolute atomic E-state index is 14.5. The maximum atomic E-state index is 14.5. The number of carbonyl (C=O) groups excluding carboxylic acids is 1. The molecule has 140 valence electrons. The summed E-state index contributed by atoms with van der Waals surface area (Å²) in [6.07, 6.45) is 0.451. The van der Waals surface area contributed by atoms with E-state index in [1.54, 1.807) is 20.8 Å². The minimum absolute atomic E-state index is 0.0533. The minimum atomic E-state index is -2.95. The molecule has 1 atom stereocenters. The molecule has 7 heteroatoms. The monoisotopic (exact) mass is 356 g/mol. The maximum Gasteiger partial charge on any atom is 0.410 e.